The number of fused-ring (bicyclic) bond motifs is 1. The summed E-state index contributed by atoms with van der Waals surface area (Å²) in [5.74, 6) is -2.27. The second-order valence-electron chi connectivity index (χ2n) is 10.6. The Hall–Kier alpha value is -3.17. The Morgan fingerprint density at radius 2 is 2.00 bits per heavy atom. The fourth-order valence-corrected chi connectivity index (χ4v) is 6.51. The van der Waals surface area contributed by atoms with Crippen molar-refractivity contribution in [2.24, 2.45) is 17.8 Å². The van der Waals surface area contributed by atoms with Crippen LogP contribution in [0.2, 0.25) is 0 Å². The van der Waals surface area contributed by atoms with Gasteiger partial charge in [0.05, 0.1) is 44.3 Å². The number of rotatable bonds is 13. The van der Waals surface area contributed by atoms with Gasteiger partial charge in [0.25, 0.3) is 5.91 Å². The van der Waals surface area contributed by atoms with Crippen LogP contribution in [-0.2, 0) is 23.9 Å². The minimum Gasteiger partial charge on any atom is -0.497 e. The normalized spacial score (nSPS) is 28.5. The van der Waals surface area contributed by atoms with E-state index in [4.69, 9.17) is 14.2 Å². The number of nitrogens with zero attached hydrogens (tertiary/aromatic N) is 2. The lowest BCUT2D eigenvalue weighted by Crippen LogP contribution is -2.60. The predicted octanol–water partition coefficient (Wildman–Crippen LogP) is 3.12. The number of benzene rings is 1. The number of carbonyl (C=O) groups excluding carboxylic acids is 3. The Morgan fingerprint density at radius 3 is 2.59 bits per heavy atom. The number of methoxy groups -OCH3 is 1. The number of likely N-dealkylation sites (tertiary alicyclic amines) is 1. The molecule has 1 aromatic rings. The van der Waals surface area contributed by atoms with Crippen LogP contribution in [0.3, 0.4) is 0 Å². The van der Waals surface area contributed by atoms with E-state index in [0.717, 1.165) is 0 Å². The van der Waals surface area contributed by atoms with Crippen LogP contribution >= 0.6 is 0 Å². The predicted molar refractivity (Wildman–Crippen MR) is 146 cm³/mol. The van der Waals surface area contributed by atoms with Gasteiger partial charge in [-0.25, -0.2) is 0 Å². The molecular weight excluding hydrogens is 500 g/mol. The van der Waals surface area contributed by atoms with E-state index in [1.54, 1.807) is 48.4 Å². The van der Waals surface area contributed by atoms with Crippen LogP contribution in [0.1, 0.15) is 39.5 Å². The number of aliphatic hydroxyl groups excluding tert-OH is 1. The molecule has 2 unspecified atom stereocenters. The maximum absolute atomic E-state index is 14.6. The molecule has 212 valence electrons. The molecule has 0 aromatic heterocycles. The molecule has 3 fully saturated rings. The molecule has 3 saturated heterocycles. The lowest BCUT2D eigenvalue weighted by Gasteiger charge is -2.40. The first-order valence-corrected chi connectivity index (χ1v) is 13.7. The zero-order chi connectivity index (χ0) is 28.3. The molecule has 39 heavy (non-hydrogen) atoms. The number of anilines is 1. The van der Waals surface area contributed by atoms with Crippen molar-refractivity contribution in [2.45, 2.75) is 63.3 Å². The maximum atomic E-state index is 14.6. The molecule has 3 aliphatic heterocycles. The smallest absolute Gasteiger partial charge is 0.312 e. The van der Waals surface area contributed by atoms with Crippen molar-refractivity contribution in [1.29, 1.82) is 0 Å². The highest BCUT2D eigenvalue weighted by atomic mass is 16.6. The van der Waals surface area contributed by atoms with Crippen LogP contribution in [0.25, 0.3) is 0 Å². The molecular formula is C30H40N2O7. The van der Waals surface area contributed by atoms with Crippen molar-refractivity contribution in [3.8, 4) is 5.75 Å². The topological polar surface area (TPSA) is 106 Å². The minimum absolute atomic E-state index is 0.0893. The van der Waals surface area contributed by atoms with Crippen LogP contribution in [0.15, 0.2) is 49.6 Å². The van der Waals surface area contributed by atoms with E-state index in [2.05, 4.69) is 13.2 Å². The number of aliphatic hydroxyl groups is 1. The summed E-state index contributed by atoms with van der Waals surface area (Å²) < 4.78 is 17.3. The van der Waals surface area contributed by atoms with E-state index in [1.807, 2.05) is 13.8 Å². The highest BCUT2D eigenvalue weighted by Crippen LogP contribution is 2.59. The molecule has 1 aromatic carbocycles. The zero-order valence-electron chi connectivity index (χ0n) is 23.1. The summed E-state index contributed by atoms with van der Waals surface area (Å²) in [4.78, 5) is 45.2. The Bertz CT molecular complexity index is 1090. The largest absolute Gasteiger partial charge is 0.497 e. The molecule has 3 heterocycles. The van der Waals surface area contributed by atoms with Crippen LogP contribution in [0.4, 0.5) is 5.69 Å². The van der Waals surface area contributed by atoms with E-state index in [9.17, 15) is 19.5 Å². The van der Waals surface area contributed by atoms with Gasteiger partial charge in [-0.3, -0.25) is 14.4 Å². The molecule has 1 N–H and O–H groups in total. The summed E-state index contributed by atoms with van der Waals surface area (Å²) in [6.45, 7) is 11.5. The average Bonchev–Trinajstić information content (AvgIpc) is 3.59. The van der Waals surface area contributed by atoms with Gasteiger partial charge < -0.3 is 29.1 Å². The van der Waals surface area contributed by atoms with Crippen molar-refractivity contribution >= 4 is 23.5 Å². The second-order valence-corrected chi connectivity index (χ2v) is 10.6. The maximum Gasteiger partial charge on any atom is 0.312 e. The van der Waals surface area contributed by atoms with E-state index >= 15 is 0 Å². The summed E-state index contributed by atoms with van der Waals surface area (Å²) in [5.41, 5.74) is -0.571. The monoisotopic (exact) mass is 540 g/mol. The summed E-state index contributed by atoms with van der Waals surface area (Å²) >= 11 is 0. The first-order chi connectivity index (χ1) is 18.8. The van der Waals surface area contributed by atoms with Crippen molar-refractivity contribution in [3.05, 3.63) is 49.6 Å². The fourth-order valence-electron chi connectivity index (χ4n) is 6.51. The van der Waals surface area contributed by atoms with Gasteiger partial charge in [0.2, 0.25) is 5.91 Å². The van der Waals surface area contributed by atoms with Gasteiger partial charge in [0.15, 0.2) is 0 Å². The van der Waals surface area contributed by atoms with Crippen LogP contribution in [-0.4, -0.2) is 78.4 Å². The number of hydrogen-bond donors (Lipinski definition) is 1. The summed E-state index contributed by atoms with van der Waals surface area (Å²) in [6.07, 6.45) is 4.98. The van der Waals surface area contributed by atoms with E-state index < -0.39 is 41.6 Å². The molecule has 3 aliphatic rings. The molecule has 9 heteroatoms. The molecule has 0 aliphatic carbocycles. The van der Waals surface area contributed by atoms with Gasteiger partial charge in [0, 0.05) is 12.2 Å². The molecule has 4 rings (SSSR count). The molecule has 7 atom stereocenters. The van der Waals surface area contributed by atoms with Gasteiger partial charge in [0.1, 0.15) is 17.4 Å². The number of amides is 2. The third-order valence-corrected chi connectivity index (χ3v) is 8.62. The number of ether oxygens (including phenoxy) is 3. The average molecular weight is 541 g/mol. The fraction of sp³-hybridized carbons (Fsp3) is 0.567. The van der Waals surface area contributed by atoms with Gasteiger partial charge >= 0.3 is 5.97 Å². The van der Waals surface area contributed by atoms with Gasteiger partial charge in [-0.05, 0) is 49.4 Å². The second kappa shape index (κ2) is 11.9. The minimum atomic E-state index is -1.19. The summed E-state index contributed by atoms with van der Waals surface area (Å²) in [5, 5.41) is 10.5. The summed E-state index contributed by atoms with van der Waals surface area (Å²) in [6, 6.07) is 5.46. The van der Waals surface area contributed by atoms with Crippen LogP contribution in [0.5, 0.6) is 5.75 Å². The van der Waals surface area contributed by atoms with E-state index in [-0.39, 0.29) is 37.5 Å². The molecule has 0 saturated carbocycles. The molecule has 0 radical (unpaired) electrons. The van der Waals surface area contributed by atoms with Crippen molar-refractivity contribution in [1.82, 2.24) is 4.90 Å². The highest BCUT2D eigenvalue weighted by Gasteiger charge is 2.75. The third-order valence-electron chi connectivity index (χ3n) is 8.62. The summed E-state index contributed by atoms with van der Waals surface area (Å²) in [7, 11) is 1.57. The number of hydrogen-bond acceptors (Lipinski definition) is 7. The van der Waals surface area contributed by atoms with Crippen LogP contribution in [0, 0.1) is 17.8 Å². The zero-order valence-corrected chi connectivity index (χ0v) is 23.1. The third kappa shape index (κ3) is 4.87. The van der Waals surface area contributed by atoms with Crippen molar-refractivity contribution in [3.63, 3.8) is 0 Å². The quantitative estimate of drug-likeness (QED) is 0.233. The molecule has 2 amide bonds. The lowest BCUT2D eigenvalue weighted by atomic mass is 9.70. The van der Waals surface area contributed by atoms with Crippen LogP contribution < -0.4 is 9.64 Å². The standard InChI is InChI=1S/C30H40N2O7/c1-6-9-17-38-29(36)24-23-14-15-30(39-23)25(24)27(34)32(22(18-33)19(4)8-3)26(30)28(35)31(16-7-2)20-10-12-21(37-5)13-11-20/h6-7,10-13,19,22-26,33H,1-2,8-9,14-18H2,3-5H3/t19-,22-,23+,24-,25-,26?,30?/m0/s1. The Kier molecular flexibility index (Phi) is 8.81. The highest BCUT2D eigenvalue weighted by molar-refractivity contribution is 6.04. The number of esters is 1. The SMILES string of the molecule is C=CCCOC(=O)[C@@H]1[C@H]2C(=O)N([C@@H](CO)[C@@H](C)CC)C(C(=O)N(CC=C)c3ccc(OC)cc3)C23CC[C@H]1O3. The van der Waals surface area contributed by atoms with Crippen molar-refractivity contribution in [2.75, 3.05) is 31.8 Å². The van der Waals surface area contributed by atoms with Gasteiger partial charge in [-0.15, -0.1) is 13.2 Å². The molecule has 1 spiro atoms. The first kappa shape index (κ1) is 28.8. The van der Waals surface area contributed by atoms with Gasteiger partial charge in [-0.2, -0.15) is 0 Å². The first-order valence-electron chi connectivity index (χ1n) is 13.7. The van der Waals surface area contributed by atoms with E-state index in [1.165, 1.54) is 4.90 Å². The molecule has 2 bridgehead atoms. The van der Waals surface area contributed by atoms with Gasteiger partial charge in [-0.1, -0.05) is 32.4 Å². The number of carbonyl (C=O) groups is 3. The lowest BCUT2D eigenvalue weighted by molar-refractivity contribution is -0.156. The Labute approximate surface area is 230 Å². The Balaban J connectivity index is 1.78. The Morgan fingerprint density at radius 1 is 1.28 bits per heavy atom. The molecule has 9 nitrogen and oxygen atoms in total. The van der Waals surface area contributed by atoms with E-state index in [0.29, 0.717) is 37.1 Å². The van der Waals surface area contributed by atoms with Crippen molar-refractivity contribution < 1.29 is 33.7 Å².